The molecular formula is C8H16N2O. The first-order valence-corrected chi connectivity index (χ1v) is 4.15. The molecule has 1 N–H and O–H groups in total. The maximum atomic E-state index is 10.5. The lowest BCUT2D eigenvalue weighted by Gasteiger charge is -2.14. The first-order chi connectivity index (χ1) is 5.20. The maximum Gasteiger partial charge on any atom is 0.216 e. The van der Waals surface area contributed by atoms with Crippen LogP contribution in [0.25, 0.3) is 0 Å². The van der Waals surface area contributed by atoms with Crippen molar-refractivity contribution in [3.05, 3.63) is 0 Å². The number of amides is 1. The average molecular weight is 156 g/mol. The Bertz CT molecular complexity index is 143. The normalized spacial score (nSPS) is 17.0. The van der Waals surface area contributed by atoms with Gasteiger partial charge in [-0.1, -0.05) is 0 Å². The zero-order chi connectivity index (χ0) is 8.27. The van der Waals surface area contributed by atoms with Crippen molar-refractivity contribution in [2.45, 2.75) is 25.8 Å². The molecule has 1 aliphatic rings. The van der Waals surface area contributed by atoms with Crippen molar-refractivity contribution in [1.82, 2.24) is 10.2 Å². The summed E-state index contributed by atoms with van der Waals surface area (Å²) in [5, 5.41) is 2.78. The van der Waals surface area contributed by atoms with Crippen LogP contribution in [0.5, 0.6) is 0 Å². The van der Waals surface area contributed by atoms with Gasteiger partial charge in [0.25, 0.3) is 0 Å². The second kappa shape index (κ2) is 3.72. The highest BCUT2D eigenvalue weighted by molar-refractivity contribution is 5.72. The van der Waals surface area contributed by atoms with Gasteiger partial charge in [0, 0.05) is 26.1 Å². The van der Waals surface area contributed by atoms with Crippen molar-refractivity contribution in [2.75, 3.05) is 20.1 Å². The zero-order valence-electron chi connectivity index (χ0n) is 7.26. The number of likely N-dealkylation sites (N-methyl/N-ethyl adjacent to an activating group) is 1. The van der Waals surface area contributed by atoms with E-state index in [9.17, 15) is 4.79 Å². The molecule has 0 spiro atoms. The number of nitrogens with zero attached hydrogens (tertiary/aromatic N) is 1. The molecule has 0 aromatic heterocycles. The first kappa shape index (κ1) is 8.53. The molecule has 1 amide bonds. The van der Waals surface area contributed by atoms with E-state index >= 15 is 0 Å². The lowest BCUT2D eigenvalue weighted by Crippen LogP contribution is -2.32. The molecule has 3 nitrogen and oxygen atoms in total. The molecule has 0 heterocycles. The van der Waals surface area contributed by atoms with Crippen molar-refractivity contribution in [3.8, 4) is 0 Å². The maximum absolute atomic E-state index is 10.5. The number of hydrogen-bond donors (Lipinski definition) is 1. The van der Waals surface area contributed by atoms with E-state index < -0.39 is 0 Å². The molecule has 1 aliphatic carbocycles. The van der Waals surface area contributed by atoms with Gasteiger partial charge >= 0.3 is 0 Å². The number of nitrogens with one attached hydrogen (secondary N) is 1. The minimum atomic E-state index is 0.0641. The topological polar surface area (TPSA) is 32.3 Å². The molecule has 0 aliphatic heterocycles. The predicted octanol–water partition coefficient (Wildman–Crippen LogP) is 0.217. The van der Waals surface area contributed by atoms with Gasteiger partial charge in [-0.15, -0.1) is 0 Å². The molecule has 1 rings (SSSR count). The summed E-state index contributed by atoms with van der Waals surface area (Å²) in [6, 6.07) is 0.795. The zero-order valence-corrected chi connectivity index (χ0v) is 7.26. The molecule has 11 heavy (non-hydrogen) atoms. The van der Waals surface area contributed by atoms with Crippen molar-refractivity contribution < 1.29 is 4.79 Å². The third-order valence-corrected chi connectivity index (χ3v) is 2.01. The Morgan fingerprint density at radius 2 is 2.27 bits per heavy atom. The van der Waals surface area contributed by atoms with E-state index in [0.29, 0.717) is 0 Å². The Kier molecular flexibility index (Phi) is 2.88. The second-order valence-corrected chi connectivity index (χ2v) is 3.19. The van der Waals surface area contributed by atoms with E-state index in [0.717, 1.165) is 19.1 Å². The summed E-state index contributed by atoms with van der Waals surface area (Å²) >= 11 is 0. The van der Waals surface area contributed by atoms with Crippen LogP contribution in [0.1, 0.15) is 19.8 Å². The van der Waals surface area contributed by atoms with Gasteiger partial charge in [0.05, 0.1) is 0 Å². The molecule has 1 saturated carbocycles. The van der Waals surface area contributed by atoms with Crippen LogP contribution in [-0.2, 0) is 4.79 Å². The molecule has 64 valence electrons. The standard InChI is InChI=1S/C8H16N2O/c1-7(11)9-5-6-10(2)8-3-4-8/h8H,3-6H2,1-2H3,(H,9,11). The van der Waals surface area contributed by atoms with E-state index in [1.807, 2.05) is 0 Å². The van der Waals surface area contributed by atoms with Gasteiger partial charge in [0.2, 0.25) is 5.91 Å². The lowest BCUT2D eigenvalue weighted by molar-refractivity contribution is -0.119. The van der Waals surface area contributed by atoms with E-state index in [1.54, 1.807) is 6.92 Å². The van der Waals surface area contributed by atoms with Crippen molar-refractivity contribution in [1.29, 1.82) is 0 Å². The molecule has 0 aromatic rings. The third-order valence-electron chi connectivity index (χ3n) is 2.01. The smallest absolute Gasteiger partial charge is 0.216 e. The minimum absolute atomic E-state index is 0.0641. The predicted molar refractivity (Wildman–Crippen MR) is 44.3 cm³/mol. The van der Waals surface area contributed by atoms with Crippen LogP contribution < -0.4 is 5.32 Å². The summed E-state index contributed by atoms with van der Waals surface area (Å²) in [6.45, 7) is 3.31. The van der Waals surface area contributed by atoms with Crippen molar-refractivity contribution >= 4 is 5.91 Å². The fourth-order valence-corrected chi connectivity index (χ4v) is 1.11. The van der Waals surface area contributed by atoms with Crippen LogP contribution in [0.4, 0.5) is 0 Å². The fourth-order valence-electron chi connectivity index (χ4n) is 1.11. The van der Waals surface area contributed by atoms with E-state index in [4.69, 9.17) is 0 Å². The van der Waals surface area contributed by atoms with Crippen LogP contribution in [0, 0.1) is 0 Å². The summed E-state index contributed by atoms with van der Waals surface area (Å²) in [7, 11) is 2.11. The Balaban J connectivity index is 1.97. The molecule has 0 saturated heterocycles. The summed E-state index contributed by atoms with van der Waals surface area (Å²) in [4.78, 5) is 12.8. The van der Waals surface area contributed by atoms with E-state index in [-0.39, 0.29) is 5.91 Å². The monoisotopic (exact) mass is 156 g/mol. The summed E-state index contributed by atoms with van der Waals surface area (Å²) in [5.74, 6) is 0.0641. The van der Waals surface area contributed by atoms with Crippen LogP contribution >= 0.6 is 0 Å². The molecule has 1 fully saturated rings. The van der Waals surface area contributed by atoms with Crippen LogP contribution in [-0.4, -0.2) is 37.0 Å². The van der Waals surface area contributed by atoms with E-state index in [2.05, 4.69) is 17.3 Å². The number of carbonyl (C=O) groups is 1. The second-order valence-electron chi connectivity index (χ2n) is 3.19. The average Bonchev–Trinajstić information content (AvgIpc) is 2.66. The van der Waals surface area contributed by atoms with E-state index in [1.165, 1.54) is 12.8 Å². The SMILES string of the molecule is CC(=O)NCCN(C)C1CC1. The summed E-state index contributed by atoms with van der Waals surface area (Å²) in [5.41, 5.74) is 0. The Labute approximate surface area is 67.8 Å². The van der Waals surface area contributed by atoms with Crippen molar-refractivity contribution in [3.63, 3.8) is 0 Å². The molecule has 0 aromatic carbocycles. The van der Waals surface area contributed by atoms with Crippen LogP contribution in [0.2, 0.25) is 0 Å². The molecule has 0 atom stereocenters. The highest BCUT2D eigenvalue weighted by atomic mass is 16.1. The number of carbonyl (C=O) groups excluding carboxylic acids is 1. The largest absolute Gasteiger partial charge is 0.355 e. The highest BCUT2D eigenvalue weighted by Gasteiger charge is 2.25. The fraction of sp³-hybridized carbons (Fsp3) is 0.875. The Hall–Kier alpha value is -0.570. The third kappa shape index (κ3) is 3.37. The molecular weight excluding hydrogens is 140 g/mol. The van der Waals surface area contributed by atoms with Gasteiger partial charge in [-0.2, -0.15) is 0 Å². The van der Waals surface area contributed by atoms with Crippen LogP contribution in [0.15, 0.2) is 0 Å². The molecule has 0 bridgehead atoms. The number of rotatable bonds is 4. The Morgan fingerprint density at radius 3 is 2.73 bits per heavy atom. The Morgan fingerprint density at radius 1 is 1.64 bits per heavy atom. The van der Waals surface area contributed by atoms with Gasteiger partial charge in [0.1, 0.15) is 0 Å². The summed E-state index contributed by atoms with van der Waals surface area (Å²) in [6.07, 6.45) is 2.66. The van der Waals surface area contributed by atoms with Gasteiger partial charge in [-0.25, -0.2) is 0 Å². The quantitative estimate of drug-likeness (QED) is 0.631. The highest BCUT2D eigenvalue weighted by Crippen LogP contribution is 2.24. The van der Waals surface area contributed by atoms with Gasteiger partial charge < -0.3 is 10.2 Å². The summed E-state index contributed by atoms with van der Waals surface area (Å²) < 4.78 is 0. The number of hydrogen-bond acceptors (Lipinski definition) is 2. The minimum Gasteiger partial charge on any atom is -0.355 e. The molecule has 0 unspecified atom stereocenters. The van der Waals surface area contributed by atoms with Crippen LogP contribution in [0.3, 0.4) is 0 Å². The van der Waals surface area contributed by atoms with Crippen molar-refractivity contribution in [2.24, 2.45) is 0 Å². The lowest BCUT2D eigenvalue weighted by atomic mass is 10.5. The first-order valence-electron chi connectivity index (χ1n) is 4.15. The van der Waals surface area contributed by atoms with Gasteiger partial charge in [-0.05, 0) is 19.9 Å². The van der Waals surface area contributed by atoms with Gasteiger partial charge in [-0.3, -0.25) is 4.79 Å². The molecule has 3 heteroatoms. The molecule has 0 radical (unpaired) electrons. The van der Waals surface area contributed by atoms with Gasteiger partial charge in [0.15, 0.2) is 0 Å².